The second-order valence-corrected chi connectivity index (χ2v) is 8.80. The zero-order valence-electron chi connectivity index (χ0n) is 15.8. The third kappa shape index (κ3) is 4.74. The van der Waals surface area contributed by atoms with Crippen LogP contribution in [0.5, 0.6) is 0 Å². The largest absolute Gasteiger partial charge is 0.325 e. The number of aromatic nitrogens is 2. The van der Waals surface area contributed by atoms with Gasteiger partial charge in [0.2, 0.25) is 15.9 Å². The van der Waals surface area contributed by atoms with Gasteiger partial charge in [0.1, 0.15) is 0 Å². The molecule has 2 heterocycles. The molecular formula is C18H25N5O3S. The van der Waals surface area contributed by atoms with Crippen molar-refractivity contribution in [1.29, 1.82) is 0 Å². The minimum atomic E-state index is -3.16. The van der Waals surface area contributed by atoms with Crippen molar-refractivity contribution in [3.05, 3.63) is 42.0 Å². The van der Waals surface area contributed by atoms with Crippen LogP contribution in [-0.4, -0.2) is 72.1 Å². The first-order valence-corrected chi connectivity index (χ1v) is 10.7. The second kappa shape index (κ2) is 7.79. The van der Waals surface area contributed by atoms with E-state index in [2.05, 4.69) is 10.3 Å². The molecule has 9 heteroatoms. The molecule has 1 aliphatic heterocycles. The Morgan fingerprint density at radius 2 is 1.74 bits per heavy atom. The Hall–Kier alpha value is -2.23. The predicted octanol–water partition coefficient (Wildman–Crippen LogP) is 1.00. The summed E-state index contributed by atoms with van der Waals surface area (Å²) in [6.07, 6.45) is 3.00. The minimum Gasteiger partial charge on any atom is -0.325 e. The molecule has 0 atom stereocenters. The number of anilines is 1. The van der Waals surface area contributed by atoms with Crippen LogP contribution in [0.2, 0.25) is 0 Å². The number of imidazole rings is 1. The summed E-state index contributed by atoms with van der Waals surface area (Å²) in [6.45, 7) is 6.18. The number of aryl methyl sites for hydroxylation is 1. The van der Waals surface area contributed by atoms with E-state index < -0.39 is 10.0 Å². The lowest BCUT2D eigenvalue weighted by Gasteiger charge is -2.32. The smallest absolute Gasteiger partial charge is 0.238 e. The Morgan fingerprint density at radius 1 is 1.11 bits per heavy atom. The van der Waals surface area contributed by atoms with Crippen molar-refractivity contribution in [3.63, 3.8) is 0 Å². The van der Waals surface area contributed by atoms with Gasteiger partial charge < -0.3 is 9.88 Å². The number of hydrogen-bond donors (Lipinski definition) is 1. The van der Waals surface area contributed by atoms with Gasteiger partial charge in [-0.2, -0.15) is 4.31 Å². The SMILES string of the molecule is Cc1ncn(-c2ccc(NC(=O)CN3CCN(S(C)(=O)=O)CC3)cc2)c1C. The first-order valence-electron chi connectivity index (χ1n) is 8.82. The van der Waals surface area contributed by atoms with Gasteiger partial charge in [-0.25, -0.2) is 13.4 Å². The van der Waals surface area contributed by atoms with E-state index >= 15 is 0 Å². The lowest BCUT2D eigenvalue weighted by Crippen LogP contribution is -2.50. The van der Waals surface area contributed by atoms with Crippen LogP contribution in [0.1, 0.15) is 11.4 Å². The number of carbonyl (C=O) groups is 1. The molecule has 2 aromatic rings. The van der Waals surface area contributed by atoms with Crippen molar-refractivity contribution in [2.75, 3.05) is 44.3 Å². The van der Waals surface area contributed by atoms with Gasteiger partial charge in [-0.1, -0.05) is 0 Å². The Balaban J connectivity index is 1.54. The van der Waals surface area contributed by atoms with E-state index in [0.29, 0.717) is 26.2 Å². The van der Waals surface area contributed by atoms with Crippen LogP contribution in [0.4, 0.5) is 5.69 Å². The summed E-state index contributed by atoms with van der Waals surface area (Å²) < 4.78 is 26.5. The molecule has 27 heavy (non-hydrogen) atoms. The van der Waals surface area contributed by atoms with Crippen LogP contribution < -0.4 is 5.32 Å². The highest BCUT2D eigenvalue weighted by Crippen LogP contribution is 2.17. The number of nitrogens with zero attached hydrogens (tertiary/aromatic N) is 4. The third-order valence-corrected chi connectivity index (χ3v) is 6.15. The van der Waals surface area contributed by atoms with Crippen molar-refractivity contribution in [3.8, 4) is 5.69 Å². The maximum Gasteiger partial charge on any atom is 0.238 e. The van der Waals surface area contributed by atoms with Crippen molar-refractivity contribution in [2.45, 2.75) is 13.8 Å². The Labute approximate surface area is 159 Å². The molecule has 0 bridgehead atoms. The molecular weight excluding hydrogens is 366 g/mol. The fourth-order valence-corrected chi connectivity index (χ4v) is 3.91. The van der Waals surface area contributed by atoms with Crippen LogP contribution in [0.3, 0.4) is 0 Å². The normalized spacial score (nSPS) is 16.4. The van der Waals surface area contributed by atoms with Gasteiger partial charge >= 0.3 is 0 Å². The summed E-state index contributed by atoms with van der Waals surface area (Å²) in [5, 5.41) is 2.89. The number of hydrogen-bond acceptors (Lipinski definition) is 5. The van der Waals surface area contributed by atoms with Gasteiger partial charge in [0.15, 0.2) is 0 Å². The molecule has 8 nitrogen and oxygen atoms in total. The Kier molecular flexibility index (Phi) is 5.64. The molecule has 146 valence electrons. The van der Waals surface area contributed by atoms with Crippen molar-refractivity contribution in [2.24, 2.45) is 0 Å². The van der Waals surface area contributed by atoms with E-state index in [0.717, 1.165) is 22.8 Å². The molecule has 1 amide bonds. The maximum absolute atomic E-state index is 12.3. The van der Waals surface area contributed by atoms with Gasteiger partial charge in [0.25, 0.3) is 0 Å². The molecule has 0 radical (unpaired) electrons. The second-order valence-electron chi connectivity index (χ2n) is 6.82. The van der Waals surface area contributed by atoms with E-state index in [9.17, 15) is 13.2 Å². The number of rotatable bonds is 5. The summed E-state index contributed by atoms with van der Waals surface area (Å²) in [4.78, 5) is 18.5. The van der Waals surface area contributed by atoms with Crippen LogP contribution in [0.15, 0.2) is 30.6 Å². The zero-order chi connectivity index (χ0) is 19.6. The fraction of sp³-hybridized carbons (Fsp3) is 0.444. The first-order chi connectivity index (χ1) is 12.7. The van der Waals surface area contributed by atoms with Gasteiger partial charge in [0, 0.05) is 43.2 Å². The number of sulfonamides is 1. The quantitative estimate of drug-likeness (QED) is 0.822. The van der Waals surface area contributed by atoms with E-state index in [-0.39, 0.29) is 12.5 Å². The van der Waals surface area contributed by atoms with Crippen molar-refractivity contribution < 1.29 is 13.2 Å². The summed E-state index contributed by atoms with van der Waals surface area (Å²) in [5.74, 6) is -0.106. The van der Waals surface area contributed by atoms with Crippen LogP contribution >= 0.6 is 0 Å². The van der Waals surface area contributed by atoms with E-state index in [1.807, 2.05) is 47.6 Å². The molecule has 0 saturated carbocycles. The molecule has 3 rings (SSSR count). The number of piperazine rings is 1. The molecule has 1 N–H and O–H groups in total. The summed E-state index contributed by atoms with van der Waals surface area (Å²) in [6, 6.07) is 7.61. The molecule has 0 spiro atoms. The molecule has 1 fully saturated rings. The standard InChI is InChI=1S/C18H25N5O3S/c1-14-15(2)23(13-19-14)17-6-4-16(5-7-17)20-18(24)12-21-8-10-22(11-9-21)27(3,25)26/h4-7,13H,8-12H2,1-3H3,(H,20,24). The number of nitrogens with one attached hydrogen (secondary N) is 1. The Morgan fingerprint density at radius 3 is 2.26 bits per heavy atom. The van der Waals surface area contributed by atoms with E-state index in [1.54, 1.807) is 6.33 Å². The molecule has 1 aromatic carbocycles. The molecule has 0 unspecified atom stereocenters. The predicted molar refractivity (Wildman–Crippen MR) is 105 cm³/mol. The van der Waals surface area contributed by atoms with Crippen molar-refractivity contribution >= 4 is 21.6 Å². The van der Waals surface area contributed by atoms with Crippen LogP contribution in [-0.2, 0) is 14.8 Å². The van der Waals surface area contributed by atoms with Gasteiger partial charge in [-0.15, -0.1) is 0 Å². The molecule has 0 aliphatic carbocycles. The highest BCUT2D eigenvalue weighted by Gasteiger charge is 2.24. The van der Waals surface area contributed by atoms with Crippen LogP contribution in [0.25, 0.3) is 5.69 Å². The summed E-state index contributed by atoms with van der Waals surface area (Å²) >= 11 is 0. The zero-order valence-corrected chi connectivity index (χ0v) is 16.7. The van der Waals surface area contributed by atoms with Crippen LogP contribution in [0, 0.1) is 13.8 Å². The number of benzene rings is 1. The number of amides is 1. The van der Waals surface area contributed by atoms with Gasteiger partial charge in [0.05, 0.1) is 24.8 Å². The highest BCUT2D eigenvalue weighted by atomic mass is 32.2. The lowest BCUT2D eigenvalue weighted by molar-refractivity contribution is -0.117. The van der Waals surface area contributed by atoms with E-state index in [1.165, 1.54) is 10.6 Å². The fourth-order valence-electron chi connectivity index (χ4n) is 3.09. The summed E-state index contributed by atoms with van der Waals surface area (Å²) in [5.41, 5.74) is 3.79. The highest BCUT2D eigenvalue weighted by molar-refractivity contribution is 7.88. The molecule has 1 aliphatic rings. The first kappa shape index (κ1) is 19.5. The number of carbonyl (C=O) groups excluding carboxylic acids is 1. The van der Waals surface area contributed by atoms with E-state index in [4.69, 9.17) is 0 Å². The average Bonchev–Trinajstić information content (AvgIpc) is 2.94. The molecule has 1 aromatic heterocycles. The summed E-state index contributed by atoms with van der Waals surface area (Å²) in [7, 11) is -3.16. The maximum atomic E-state index is 12.3. The Bertz CT molecular complexity index is 913. The third-order valence-electron chi connectivity index (χ3n) is 4.85. The monoisotopic (exact) mass is 391 g/mol. The molecule has 1 saturated heterocycles. The van der Waals surface area contributed by atoms with Gasteiger partial charge in [-0.3, -0.25) is 9.69 Å². The minimum absolute atomic E-state index is 0.106. The van der Waals surface area contributed by atoms with Crippen molar-refractivity contribution in [1.82, 2.24) is 18.8 Å². The lowest BCUT2D eigenvalue weighted by atomic mass is 10.2. The van der Waals surface area contributed by atoms with Gasteiger partial charge in [-0.05, 0) is 38.1 Å². The average molecular weight is 391 g/mol. The topological polar surface area (TPSA) is 87.5 Å².